The van der Waals surface area contributed by atoms with Crippen LogP contribution in [-0.4, -0.2) is 50.4 Å². The number of carbonyl (C=O) groups excluding carboxylic acids is 2. The van der Waals surface area contributed by atoms with E-state index < -0.39 is 13.3 Å². The molecular formula is C13H17Cl2NNa3O8P. The number of carboxylic acid groups (broad SMARTS) is 1. The van der Waals surface area contributed by atoms with Crippen LogP contribution in [0.1, 0.15) is 0 Å². The molecule has 0 saturated carbocycles. The second kappa shape index (κ2) is 21.9. The summed E-state index contributed by atoms with van der Waals surface area (Å²) >= 11 is 5.72. The zero-order chi connectivity index (χ0) is 18.8. The second-order valence-corrected chi connectivity index (χ2v) is 6.33. The van der Waals surface area contributed by atoms with E-state index in [1.807, 2.05) is 19.0 Å². The normalized spacial score (nSPS) is 9.07. The Bertz CT molecular complexity index is 590. The molecule has 1 rings (SSSR count). The first kappa shape index (κ1) is 40.1. The molecule has 0 aromatic heterocycles. The number of likely N-dealkylation sites (N-methyl/N-ethyl adjacent to an activating group) is 1. The van der Waals surface area contributed by atoms with Crippen molar-refractivity contribution in [1.82, 2.24) is 4.90 Å². The van der Waals surface area contributed by atoms with Gasteiger partial charge in [0.25, 0.3) is 0 Å². The average Bonchev–Trinajstić information content (AvgIpc) is 2.46. The minimum absolute atomic E-state index is 0. The summed E-state index contributed by atoms with van der Waals surface area (Å²) < 4.78 is 19.3. The van der Waals surface area contributed by atoms with Gasteiger partial charge in [0, 0.05) is 11.6 Å². The molecule has 144 valence electrons. The van der Waals surface area contributed by atoms with Crippen LogP contribution in [0.5, 0.6) is 5.75 Å². The maximum atomic E-state index is 11.3. The van der Waals surface area contributed by atoms with Gasteiger partial charge < -0.3 is 38.6 Å². The van der Waals surface area contributed by atoms with E-state index in [0.29, 0.717) is 23.9 Å². The zero-order valence-electron chi connectivity index (χ0n) is 16.4. The summed E-state index contributed by atoms with van der Waals surface area (Å²) in [5, 5.41) is 9.65. The van der Waals surface area contributed by atoms with Crippen LogP contribution in [0.4, 0.5) is 4.79 Å². The SMILES string of the molecule is CN(C)CCOC(=O)COc1ccc(Cl)cc1.Cl.O=C([O-])P(=O)([O-])[O-].[Na+].[Na+].[Na+]. The summed E-state index contributed by atoms with van der Waals surface area (Å²) in [7, 11) is -1.60. The van der Waals surface area contributed by atoms with Crippen LogP contribution in [0.3, 0.4) is 0 Å². The Labute approximate surface area is 241 Å². The molecule has 28 heavy (non-hydrogen) atoms. The van der Waals surface area contributed by atoms with Gasteiger partial charge in [0.2, 0.25) is 0 Å². The van der Waals surface area contributed by atoms with Crippen molar-refractivity contribution < 1.29 is 127 Å². The molecule has 0 spiro atoms. The summed E-state index contributed by atoms with van der Waals surface area (Å²) in [6, 6.07) is 6.81. The molecule has 1 aromatic rings. The van der Waals surface area contributed by atoms with Crippen LogP contribution >= 0.6 is 31.6 Å². The molecule has 9 nitrogen and oxygen atoms in total. The predicted octanol–water partition coefficient (Wildman–Crippen LogP) is -9.50. The van der Waals surface area contributed by atoms with Gasteiger partial charge in [-0.1, -0.05) is 11.6 Å². The molecule has 0 unspecified atom stereocenters. The van der Waals surface area contributed by atoms with Crippen molar-refractivity contribution >= 4 is 43.3 Å². The van der Waals surface area contributed by atoms with E-state index in [-0.39, 0.29) is 114 Å². The molecule has 0 atom stereocenters. The number of carbonyl (C=O) groups is 2. The standard InChI is InChI=1S/C12H16ClNO3.CH3O5P.ClH.3Na/c1-14(2)7-8-16-12(15)9-17-11-5-3-10(13)4-6-11;2-1(3)7(4,5)6;;;;/h3-6H,7-9H2,1-2H3;(H,2,3)(H2,4,5,6);1H;;;/q;;;3*+1/p-3. The van der Waals surface area contributed by atoms with Gasteiger partial charge in [-0.2, -0.15) is 0 Å². The number of hydrogen-bond donors (Lipinski definition) is 0. The van der Waals surface area contributed by atoms with Gasteiger partial charge in [-0.25, -0.2) is 4.79 Å². The number of halogens is 2. The van der Waals surface area contributed by atoms with Crippen LogP contribution in [0, 0.1) is 0 Å². The molecule has 0 radical (unpaired) electrons. The summed E-state index contributed by atoms with van der Waals surface area (Å²) in [5.74, 6) is 0.223. The Morgan fingerprint density at radius 2 is 1.54 bits per heavy atom. The molecule has 0 aliphatic heterocycles. The van der Waals surface area contributed by atoms with Gasteiger partial charge in [-0.15, -0.1) is 12.4 Å². The fourth-order valence-corrected chi connectivity index (χ4v) is 1.18. The third-order valence-corrected chi connectivity index (χ3v) is 2.89. The fraction of sp³-hybridized carbons (Fsp3) is 0.385. The van der Waals surface area contributed by atoms with E-state index in [0.717, 1.165) is 0 Å². The number of nitrogens with zero attached hydrogens (tertiary/aromatic N) is 1. The van der Waals surface area contributed by atoms with Gasteiger partial charge in [-0.05, 0) is 46.0 Å². The monoisotopic (exact) mass is 485 g/mol. The third-order valence-electron chi connectivity index (χ3n) is 2.20. The maximum absolute atomic E-state index is 11.3. The summed E-state index contributed by atoms with van der Waals surface area (Å²) in [5.41, 5.74) is -2.56. The Kier molecular flexibility index (Phi) is 31.3. The van der Waals surface area contributed by atoms with Gasteiger partial charge in [0.15, 0.2) is 6.61 Å². The smallest absolute Gasteiger partial charge is 0.807 e. The van der Waals surface area contributed by atoms with E-state index >= 15 is 0 Å². The quantitative estimate of drug-likeness (QED) is 0.209. The van der Waals surface area contributed by atoms with Gasteiger partial charge in [0.1, 0.15) is 12.4 Å². The molecule has 0 aliphatic rings. The molecule has 0 aliphatic carbocycles. The number of esters is 1. The van der Waals surface area contributed by atoms with Crippen molar-refractivity contribution in [2.75, 3.05) is 33.9 Å². The minimum Gasteiger partial charge on any atom is -0.807 e. The van der Waals surface area contributed by atoms with Gasteiger partial charge in [-0.3, -0.25) is 0 Å². The summed E-state index contributed by atoms with van der Waals surface area (Å²) in [6.07, 6.45) is 0. The van der Waals surface area contributed by atoms with E-state index in [1.165, 1.54) is 0 Å². The summed E-state index contributed by atoms with van der Waals surface area (Å²) in [6.45, 7) is 0.984. The summed E-state index contributed by atoms with van der Waals surface area (Å²) in [4.78, 5) is 40.5. The topological polar surface area (TPSA) is 142 Å². The molecule has 0 bridgehead atoms. The van der Waals surface area contributed by atoms with E-state index in [1.54, 1.807) is 24.3 Å². The molecule has 15 heteroatoms. The molecular weight excluding hydrogens is 469 g/mol. The van der Waals surface area contributed by atoms with Gasteiger partial charge >= 0.3 is 94.6 Å². The number of benzene rings is 1. The van der Waals surface area contributed by atoms with Crippen LogP contribution < -0.4 is 108 Å². The van der Waals surface area contributed by atoms with Crippen molar-refractivity contribution in [3.63, 3.8) is 0 Å². The van der Waals surface area contributed by atoms with E-state index in [9.17, 15) is 4.79 Å². The van der Waals surface area contributed by atoms with Crippen molar-refractivity contribution in [3.8, 4) is 5.75 Å². The Hall–Kier alpha value is 1.65. The van der Waals surface area contributed by atoms with Crippen molar-refractivity contribution in [2.45, 2.75) is 0 Å². The molecule has 0 amide bonds. The Morgan fingerprint density at radius 1 is 1.11 bits per heavy atom. The third kappa shape index (κ3) is 23.9. The van der Waals surface area contributed by atoms with Crippen LogP contribution in [0.15, 0.2) is 24.3 Å². The fourth-order valence-electron chi connectivity index (χ4n) is 1.06. The zero-order valence-corrected chi connectivity index (χ0v) is 24.8. The van der Waals surface area contributed by atoms with E-state index in [4.69, 9.17) is 45.3 Å². The average molecular weight is 486 g/mol. The van der Waals surface area contributed by atoms with Crippen molar-refractivity contribution in [3.05, 3.63) is 29.3 Å². The first-order chi connectivity index (χ1) is 11.0. The van der Waals surface area contributed by atoms with Crippen molar-refractivity contribution in [1.29, 1.82) is 0 Å². The number of hydrogen-bond acceptors (Lipinski definition) is 9. The largest absolute Gasteiger partial charge is 1.00 e. The second-order valence-electron chi connectivity index (χ2n) is 4.53. The molecule has 0 heterocycles. The first-order valence-corrected chi connectivity index (χ1v) is 8.36. The predicted molar refractivity (Wildman–Crippen MR) is 86.7 cm³/mol. The number of rotatable bonds is 7. The molecule has 1 aromatic carbocycles. The Balaban J connectivity index is -0.000000140. The van der Waals surface area contributed by atoms with Crippen molar-refractivity contribution in [2.24, 2.45) is 0 Å². The first-order valence-electron chi connectivity index (χ1n) is 6.44. The van der Waals surface area contributed by atoms with Crippen LogP contribution in [0.25, 0.3) is 0 Å². The van der Waals surface area contributed by atoms with E-state index in [2.05, 4.69) is 0 Å². The molecule has 0 N–H and O–H groups in total. The van der Waals surface area contributed by atoms with Crippen LogP contribution in [0.2, 0.25) is 5.02 Å². The molecule has 0 saturated heterocycles. The molecule has 0 fully saturated rings. The Morgan fingerprint density at radius 3 is 1.89 bits per heavy atom. The maximum Gasteiger partial charge on any atom is 1.00 e. The van der Waals surface area contributed by atoms with Crippen LogP contribution in [-0.2, 0) is 14.1 Å². The van der Waals surface area contributed by atoms with Gasteiger partial charge in [0.05, 0.1) is 5.71 Å². The minimum atomic E-state index is -5.43. The number of ether oxygens (including phenoxy) is 2.